The van der Waals surface area contributed by atoms with Gasteiger partial charge in [-0.05, 0) is 57.9 Å². The Morgan fingerprint density at radius 3 is 2.64 bits per heavy atom. The van der Waals surface area contributed by atoms with Gasteiger partial charge in [0.2, 0.25) is 5.91 Å². The van der Waals surface area contributed by atoms with Crippen LogP contribution >= 0.6 is 23.4 Å². The lowest BCUT2D eigenvalue weighted by Gasteiger charge is -2.24. The lowest BCUT2D eigenvalue weighted by atomic mass is 10.1. The number of likely N-dealkylation sites (tertiary alicyclic amines) is 1. The summed E-state index contributed by atoms with van der Waals surface area (Å²) in [6, 6.07) is 9.77. The van der Waals surface area contributed by atoms with E-state index in [0.717, 1.165) is 40.1 Å². The van der Waals surface area contributed by atoms with Crippen molar-refractivity contribution in [2.45, 2.75) is 63.2 Å². The smallest absolute Gasteiger partial charge is 0.237 e. The molecule has 1 aromatic carbocycles. The average molecular weight is 419 g/mol. The van der Waals surface area contributed by atoms with Crippen LogP contribution in [0.1, 0.15) is 37.2 Å². The van der Waals surface area contributed by atoms with Crippen LogP contribution in [0.5, 0.6) is 0 Å². The predicted molar refractivity (Wildman–Crippen MR) is 115 cm³/mol. The van der Waals surface area contributed by atoms with Gasteiger partial charge in [-0.3, -0.25) is 9.69 Å². The molecule has 0 radical (unpaired) electrons. The Bertz CT molecular complexity index is 825. The second-order valence-corrected chi connectivity index (χ2v) is 9.35. The Morgan fingerprint density at radius 2 is 2.00 bits per heavy atom. The summed E-state index contributed by atoms with van der Waals surface area (Å²) in [5, 5.41) is 4.84. The number of amides is 1. The first kappa shape index (κ1) is 21.1. The molecule has 7 heteroatoms. The molecule has 1 saturated heterocycles. The molecule has 1 aliphatic heterocycles. The maximum Gasteiger partial charge on any atom is 0.237 e. The van der Waals surface area contributed by atoms with Crippen LogP contribution in [0.2, 0.25) is 5.02 Å². The summed E-state index contributed by atoms with van der Waals surface area (Å²) >= 11 is 7.81. The van der Waals surface area contributed by atoms with Gasteiger partial charge in [-0.25, -0.2) is 9.97 Å². The van der Waals surface area contributed by atoms with E-state index in [1.54, 1.807) is 11.8 Å². The standard InChI is InChI=1S/C21H27ClN4OS/c1-13(2)23-20(27)19-10-18(28-21-24-14(3)8-15(4)25-21)12-26(19)11-16-6-5-7-17(22)9-16/h5-9,13,18-19H,10-12H2,1-4H3,(H,23,27)/t18-,19-/m0/s1. The van der Waals surface area contributed by atoms with Crippen molar-refractivity contribution in [2.75, 3.05) is 6.54 Å². The number of hydrogen-bond acceptors (Lipinski definition) is 5. The predicted octanol–water partition coefficient (Wildman–Crippen LogP) is 4.01. The molecule has 1 fully saturated rings. The van der Waals surface area contributed by atoms with Gasteiger partial charge in [-0.15, -0.1) is 0 Å². The molecule has 5 nitrogen and oxygen atoms in total. The Labute approximate surface area is 176 Å². The number of thioether (sulfide) groups is 1. The van der Waals surface area contributed by atoms with Gasteiger partial charge in [0.25, 0.3) is 0 Å². The van der Waals surface area contributed by atoms with E-state index in [9.17, 15) is 4.79 Å². The van der Waals surface area contributed by atoms with E-state index < -0.39 is 0 Å². The molecule has 3 rings (SSSR count). The molecule has 2 aromatic rings. The summed E-state index contributed by atoms with van der Waals surface area (Å²) in [7, 11) is 0. The van der Waals surface area contributed by atoms with Crippen LogP contribution in [-0.4, -0.2) is 44.7 Å². The van der Waals surface area contributed by atoms with Crippen LogP contribution in [-0.2, 0) is 11.3 Å². The first-order valence-corrected chi connectivity index (χ1v) is 10.8. The van der Waals surface area contributed by atoms with E-state index >= 15 is 0 Å². The van der Waals surface area contributed by atoms with E-state index in [4.69, 9.17) is 11.6 Å². The van der Waals surface area contributed by atoms with Gasteiger partial charge in [-0.1, -0.05) is 35.5 Å². The van der Waals surface area contributed by atoms with Crippen LogP contribution < -0.4 is 5.32 Å². The third kappa shape index (κ3) is 5.69. The highest BCUT2D eigenvalue weighted by Crippen LogP contribution is 2.32. The molecular weight excluding hydrogens is 392 g/mol. The largest absolute Gasteiger partial charge is 0.353 e. The van der Waals surface area contributed by atoms with Crippen LogP contribution in [0.3, 0.4) is 0 Å². The average Bonchev–Trinajstić information content (AvgIpc) is 2.95. The van der Waals surface area contributed by atoms with Gasteiger partial charge < -0.3 is 5.32 Å². The zero-order valence-corrected chi connectivity index (χ0v) is 18.3. The molecule has 1 N–H and O–H groups in total. The van der Waals surface area contributed by atoms with E-state index in [0.29, 0.717) is 6.54 Å². The van der Waals surface area contributed by atoms with E-state index in [1.165, 1.54) is 0 Å². The number of aromatic nitrogens is 2. The van der Waals surface area contributed by atoms with Gasteiger partial charge in [0, 0.05) is 40.8 Å². The van der Waals surface area contributed by atoms with E-state index in [1.807, 2.05) is 52.0 Å². The van der Waals surface area contributed by atoms with Crippen LogP contribution in [0.25, 0.3) is 0 Å². The Hall–Kier alpha value is -1.63. The fourth-order valence-corrected chi connectivity index (χ4v) is 4.99. The van der Waals surface area contributed by atoms with Gasteiger partial charge in [-0.2, -0.15) is 0 Å². The highest BCUT2D eigenvalue weighted by molar-refractivity contribution is 7.99. The van der Waals surface area contributed by atoms with Crippen molar-refractivity contribution in [3.8, 4) is 0 Å². The summed E-state index contributed by atoms with van der Waals surface area (Å²) in [6.45, 7) is 9.45. The van der Waals surface area contributed by atoms with Crippen LogP contribution in [0, 0.1) is 13.8 Å². The Morgan fingerprint density at radius 1 is 1.29 bits per heavy atom. The monoisotopic (exact) mass is 418 g/mol. The molecular formula is C21H27ClN4OS. The molecule has 0 spiro atoms. The summed E-state index contributed by atoms with van der Waals surface area (Å²) < 4.78 is 0. The fourth-order valence-electron chi connectivity index (χ4n) is 3.54. The van der Waals surface area contributed by atoms with Gasteiger partial charge in [0.1, 0.15) is 0 Å². The molecule has 2 heterocycles. The highest BCUT2D eigenvalue weighted by Gasteiger charge is 2.37. The second-order valence-electron chi connectivity index (χ2n) is 7.65. The molecule has 1 amide bonds. The van der Waals surface area contributed by atoms with Gasteiger partial charge in [0.15, 0.2) is 5.16 Å². The summed E-state index contributed by atoms with van der Waals surface area (Å²) in [5.41, 5.74) is 3.05. The summed E-state index contributed by atoms with van der Waals surface area (Å²) in [6.07, 6.45) is 0.778. The Kier molecular flexibility index (Phi) is 6.96. The number of nitrogens with zero attached hydrogens (tertiary/aromatic N) is 3. The number of aryl methyl sites for hydroxylation is 2. The molecule has 2 atom stereocenters. The van der Waals surface area contributed by atoms with Crippen molar-refractivity contribution in [1.82, 2.24) is 20.2 Å². The van der Waals surface area contributed by atoms with Gasteiger partial charge >= 0.3 is 0 Å². The van der Waals surface area contributed by atoms with E-state index in [-0.39, 0.29) is 23.2 Å². The van der Waals surface area contributed by atoms with Crippen molar-refractivity contribution in [3.63, 3.8) is 0 Å². The van der Waals surface area contributed by atoms with Crippen molar-refractivity contribution in [2.24, 2.45) is 0 Å². The molecule has 0 unspecified atom stereocenters. The SMILES string of the molecule is Cc1cc(C)nc(S[C@H]2C[C@@H](C(=O)NC(C)C)N(Cc3cccc(Cl)c3)C2)n1. The zero-order valence-electron chi connectivity index (χ0n) is 16.8. The molecule has 28 heavy (non-hydrogen) atoms. The maximum absolute atomic E-state index is 12.8. The number of benzene rings is 1. The lowest BCUT2D eigenvalue weighted by molar-refractivity contribution is -0.126. The fraction of sp³-hybridized carbons (Fsp3) is 0.476. The third-order valence-corrected chi connectivity index (χ3v) is 5.91. The number of carbonyl (C=O) groups is 1. The summed E-state index contributed by atoms with van der Waals surface area (Å²) in [5.74, 6) is 0.0847. The summed E-state index contributed by atoms with van der Waals surface area (Å²) in [4.78, 5) is 24.2. The van der Waals surface area contributed by atoms with Crippen molar-refractivity contribution < 1.29 is 4.79 Å². The number of halogens is 1. The molecule has 0 saturated carbocycles. The third-order valence-electron chi connectivity index (χ3n) is 4.61. The molecule has 1 aliphatic rings. The minimum atomic E-state index is -0.162. The normalized spacial score (nSPS) is 19.9. The minimum Gasteiger partial charge on any atom is -0.353 e. The van der Waals surface area contributed by atoms with Crippen molar-refractivity contribution in [1.29, 1.82) is 0 Å². The van der Waals surface area contributed by atoms with Crippen molar-refractivity contribution >= 4 is 29.3 Å². The van der Waals surface area contributed by atoms with Crippen LogP contribution in [0.15, 0.2) is 35.5 Å². The molecule has 1 aromatic heterocycles. The molecule has 0 bridgehead atoms. The quantitative estimate of drug-likeness (QED) is 0.718. The van der Waals surface area contributed by atoms with E-state index in [2.05, 4.69) is 26.3 Å². The first-order valence-electron chi connectivity index (χ1n) is 9.58. The molecule has 150 valence electrons. The number of hydrogen-bond donors (Lipinski definition) is 1. The van der Waals surface area contributed by atoms with Gasteiger partial charge in [0.05, 0.1) is 6.04 Å². The van der Waals surface area contributed by atoms with Crippen molar-refractivity contribution in [3.05, 3.63) is 52.3 Å². The minimum absolute atomic E-state index is 0.0847. The number of rotatable bonds is 6. The zero-order chi connectivity index (χ0) is 20.3. The maximum atomic E-state index is 12.8. The number of carbonyl (C=O) groups excluding carboxylic acids is 1. The highest BCUT2D eigenvalue weighted by atomic mass is 35.5. The van der Waals surface area contributed by atoms with Crippen LogP contribution in [0.4, 0.5) is 0 Å². The lowest BCUT2D eigenvalue weighted by Crippen LogP contribution is -2.45. The second kappa shape index (κ2) is 9.25. The Balaban J connectivity index is 1.76. The topological polar surface area (TPSA) is 58.1 Å². The number of nitrogens with one attached hydrogen (secondary N) is 1. The molecule has 0 aliphatic carbocycles. The first-order chi connectivity index (χ1) is 13.3.